The number of pyridine rings is 2. The summed E-state index contributed by atoms with van der Waals surface area (Å²) >= 11 is 0. The summed E-state index contributed by atoms with van der Waals surface area (Å²) in [6.07, 6.45) is 3.72. The van der Waals surface area contributed by atoms with Gasteiger partial charge in [-0.3, -0.25) is 0 Å². The van der Waals surface area contributed by atoms with E-state index in [4.69, 9.17) is 29.1 Å². The molecule has 17 nitrogen and oxygen atoms in total. The summed E-state index contributed by atoms with van der Waals surface area (Å²) in [6.45, 7) is 4.28. The van der Waals surface area contributed by atoms with Gasteiger partial charge in [0.05, 0.1) is 23.8 Å². The lowest BCUT2D eigenvalue weighted by Gasteiger charge is -2.13. The minimum Gasteiger partial charge on any atom is -0.392 e. The molecule has 0 aliphatic carbocycles. The number of para-hydroxylation sites is 2. The highest BCUT2D eigenvalue weighted by Crippen LogP contribution is 2.30. The van der Waals surface area contributed by atoms with Crippen LogP contribution in [0.4, 0.5) is 4.79 Å². The molecule has 4 aromatic heterocycles. The van der Waals surface area contributed by atoms with Gasteiger partial charge in [0.1, 0.15) is 11.0 Å². The molecule has 0 N–H and O–H groups in total. The number of nitrogens with zero attached hydrogens (tertiary/aromatic N) is 12. The van der Waals surface area contributed by atoms with E-state index >= 15 is 0 Å². The van der Waals surface area contributed by atoms with Crippen LogP contribution in [0.2, 0.25) is 0 Å². The first-order valence-electron chi connectivity index (χ1n) is 19.1. The van der Waals surface area contributed by atoms with Crippen molar-refractivity contribution < 1.29 is 23.9 Å². The number of hydrogen-bond donors (Lipinski definition) is 0. The lowest BCUT2D eigenvalue weighted by Crippen LogP contribution is -2.15. The maximum atomic E-state index is 13.4. The van der Waals surface area contributed by atoms with Crippen LogP contribution in [0.3, 0.4) is 0 Å². The molecule has 0 radical (unpaired) electrons. The van der Waals surface area contributed by atoms with E-state index in [9.17, 15) is 4.79 Å². The number of carbonyl (C=O) groups is 1. The Bertz CT molecular complexity index is 2660. The van der Waals surface area contributed by atoms with Crippen LogP contribution in [0.5, 0.6) is 11.5 Å². The van der Waals surface area contributed by atoms with Gasteiger partial charge in [0, 0.05) is 36.0 Å². The molecule has 0 saturated carbocycles. The molecule has 8 aromatic rings. The summed E-state index contributed by atoms with van der Waals surface area (Å²) in [6, 6.07) is 30.0. The number of aryl methyl sites for hydroxylation is 4. The minimum atomic E-state index is -0.939. The van der Waals surface area contributed by atoms with E-state index in [0.717, 1.165) is 44.2 Å². The minimum absolute atomic E-state index is 0.103. The molecular weight excluding hydrogens is 765 g/mol. The fourth-order valence-electron chi connectivity index (χ4n) is 6.51. The van der Waals surface area contributed by atoms with Gasteiger partial charge in [0.25, 0.3) is 0 Å². The molecule has 0 fully saturated rings. The first kappa shape index (κ1) is 38.9. The van der Waals surface area contributed by atoms with Crippen molar-refractivity contribution in [1.82, 2.24) is 50.4 Å². The molecule has 4 aromatic carbocycles. The molecule has 4 heterocycles. The Labute approximate surface area is 343 Å². The number of tetrazole rings is 2. The monoisotopic (exact) mass is 802 g/mol. The predicted octanol–water partition coefficient (Wildman–Crippen LogP) is 6.97. The number of aromatic nitrogens is 10. The number of benzene rings is 4. The molecule has 0 unspecified atom stereocenters. The van der Waals surface area contributed by atoms with Crippen molar-refractivity contribution >= 4 is 40.4 Å². The second kappa shape index (κ2) is 17.7. The SMILES string of the molecule is CCc1cc2cccc(OC(=O)Oc3cccc4cc(CC)c(CO/N=C/c5ccc(-c6nnnn6C)cc5)nc34)c2nc1CO/N=C/c1ccc(-c2nnnn2C)cc1. The standard InChI is InChI=1S/C43H38N12O5/c1-5-29-21-33-9-7-11-37(39(33)46-35(29)25-57-44-23-27-13-17-31(18-14-27)41-48-50-52-54(41)3)59-43(56)60-38-12-8-10-34-22-30(6-2)36(47-40(34)38)26-58-45-24-28-15-19-32(20-16-28)42-49-51-53-55(42)4/h7-24H,5-6,25-26H2,1-4H3/b44-23+,45-24+. The van der Waals surface area contributed by atoms with Crippen LogP contribution >= 0.6 is 0 Å². The van der Waals surface area contributed by atoms with Crippen molar-refractivity contribution in [3.05, 3.63) is 131 Å². The average molecular weight is 803 g/mol. The molecule has 0 atom stereocenters. The first-order valence-corrected chi connectivity index (χ1v) is 19.1. The normalized spacial score (nSPS) is 11.5. The summed E-state index contributed by atoms with van der Waals surface area (Å²) in [7, 11) is 3.57. The molecule has 0 saturated heterocycles. The number of oxime groups is 2. The van der Waals surface area contributed by atoms with Crippen LogP contribution in [-0.4, -0.2) is 69.0 Å². The maximum Gasteiger partial charge on any atom is 0.519 e. The van der Waals surface area contributed by atoms with Crippen molar-refractivity contribution in [2.24, 2.45) is 24.4 Å². The van der Waals surface area contributed by atoms with E-state index in [0.29, 0.717) is 46.9 Å². The molecule has 0 aliphatic rings. The van der Waals surface area contributed by atoms with Gasteiger partial charge in [0.2, 0.25) is 0 Å². The molecule has 60 heavy (non-hydrogen) atoms. The third-order valence-corrected chi connectivity index (χ3v) is 9.64. The van der Waals surface area contributed by atoms with Gasteiger partial charge in [-0.15, -0.1) is 10.2 Å². The average Bonchev–Trinajstić information content (AvgIpc) is 3.91. The van der Waals surface area contributed by atoms with Crippen LogP contribution < -0.4 is 9.47 Å². The zero-order valence-corrected chi connectivity index (χ0v) is 33.1. The van der Waals surface area contributed by atoms with E-state index in [2.05, 4.69) is 41.4 Å². The second-order valence-corrected chi connectivity index (χ2v) is 13.5. The first-order chi connectivity index (χ1) is 29.4. The highest BCUT2D eigenvalue weighted by molar-refractivity contribution is 5.89. The van der Waals surface area contributed by atoms with Gasteiger partial charge in [-0.1, -0.05) is 97.0 Å². The zero-order chi connectivity index (χ0) is 41.4. The van der Waals surface area contributed by atoms with Gasteiger partial charge in [0.15, 0.2) is 36.4 Å². The molecule has 0 spiro atoms. The second-order valence-electron chi connectivity index (χ2n) is 13.5. The highest BCUT2D eigenvalue weighted by Gasteiger charge is 2.18. The molecule has 0 amide bonds. The smallest absolute Gasteiger partial charge is 0.392 e. The van der Waals surface area contributed by atoms with Crippen LogP contribution in [-0.2, 0) is 49.8 Å². The van der Waals surface area contributed by atoms with Gasteiger partial charge in [-0.05, 0) is 80.2 Å². The number of fused-ring (bicyclic) bond motifs is 2. The summed E-state index contributed by atoms with van der Waals surface area (Å²) in [5.41, 5.74) is 7.66. The molecule has 8 rings (SSSR count). The maximum absolute atomic E-state index is 13.4. The van der Waals surface area contributed by atoms with Crippen LogP contribution in [0, 0.1) is 0 Å². The van der Waals surface area contributed by atoms with Crippen LogP contribution in [0.25, 0.3) is 44.6 Å². The van der Waals surface area contributed by atoms with Crippen LogP contribution in [0.15, 0.2) is 107 Å². The Morgan fingerprint density at radius 1 is 0.617 bits per heavy atom. The Morgan fingerprint density at radius 3 is 1.43 bits per heavy atom. The quantitative estimate of drug-likeness (QED) is 0.0474. The fourth-order valence-corrected chi connectivity index (χ4v) is 6.51. The third kappa shape index (κ3) is 8.64. The zero-order valence-electron chi connectivity index (χ0n) is 33.1. The molecule has 300 valence electrons. The Morgan fingerprint density at radius 2 is 1.05 bits per heavy atom. The van der Waals surface area contributed by atoms with E-state index in [-0.39, 0.29) is 24.7 Å². The lowest BCUT2D eigenvalue weighted by atomic mass is 10.1. The fraction of sp³-hybridized carbons (Fsp3) is 0.186. The third-order valence-electron chi connectivity index (χ3n) is 9.64. The summed E-state index contributed by atoms with van der Waals surface area (Å²) in [5, 5.41) is 33.1. The van der Waals surface area contributed by atoms with Gasteiger partial charge in [-0.25, -0.2) is 24.1 Å². The summed E-state index contributed by atoms with van der Waals surface area (Å²) in [4.78, 5) is 34.4. The van der Waals surface area contributed by atoms with E-state index in [1.165, 1.54) is 0 Å². The van der Waals surface area contributed by atoms with Gasteiger partial charge >= 0.3 is 6.16 Å². The molecular formula is C43H38N12O5. The van der Waals surface area contributed by atoms with Crippen molar-refractivity contribution in [1.29, 1.82) is 0 Å². The van der Waals surface area contributed by atoms with E-state index in [1.54, 1.807) is 60.2 Å². The van der Waals surface area contributed by atoms with Crippen molar-refractivity contribution in [2.75, 3.05) is 0 Å². The predicted molar refractivity (Wildman–Crippen MR) is 222 cm³/mol. The number of carbonyl (C=O) groups excluding carboxylic acids is 1. The van der Waals surface area contributed by atoms with Gasteiger partial charge < -0.3 is 19.1 Å². The Kier molecular flexibility index (Phi) is 11.5. The van der Waals surface area contributed by atoms with Crippen molar-refractivity contribution in [2.45, 2.75) is 39.9 Å². The molecule has 0 bridgehead atoms. The summed E-state index contributed by atoms with van der Waals surface area (Å²) < 4.78 is 14.8. The number of rotatable bonds is 14. The summed E-state index contributed by atoms with van der Waals surface area (Å²) in [5.74, 6) is 1.79. The number of hydrogen-bond acceptors (Lipinski definition) is 15. The van der Waals surface area contributed by atoms with Crippen molar-refractivity contribution in [3.63, 3.8) is 0 Å². The molecule has 17 heteroatoms. The van der Waals surface area contributed by atoms with Crippen LogP contribution in [0.1, 0.15) is 47.5 Å². The van der Waals surface area contributed by atoms with E-state index < -0.39 is 6.16 Å². The van der Waals surface area contributed by atoms with Gasteiger partial charge in [-0.2, -0.15) is 0 Å². The topological polar surface area (TPSA) is 192 Å². The van der Waals surface area contributed by atoms with Crippen molar-refractivity contribution in [3.8, 4) is 34.3 Å². The largest absolute Gasteiger partial charge is 0.519 e. The molecule has 0 aliphatic heterocycles. The lowest BCUT2D eigenvalue weighted by molar-refractivity contribution is 0.129. The van der Waals surface area contributed by atoms with E-state index in [1.807, 2.05) is 86.6 Å². The Balaban J connectivity index is 0.934. The highest BCUT2D eigenvalue weighted by atomic mass is 16.7. The number of ether oxygens (including phenoxy) is 2. The Hall–Kier alpha value is -7.95.